The number of cyclic esters (lactones) is 1. The lowest BCUT2D eigenvalue weighted by Crippen LogP contribution is -2.35. The second kappa shape index (κ2) is 6.00. The molecule has 0 N–H and O–H groups in total. The van der Waals surface area contributed by atoms with Crippen molar-refractivity contribution >= 4 is 33.9 Å². The molecule has 1 heterocycles. The Balaban J connectivity index is 1.97. The summed E-state index contributed by atoms with van der Waals surface area (Å²) in [6.07, 6.45) is -0.778. The van der Waals surface area contributed by atoms with Gasteiger partial charge in [0.2, 0.25) is 0 Å². The van der Waals surface area contributed by atoms with E-state index in [2.05, 4.69) is 25.4 Å². The van der Waals surface area contributed by atoms with Crippen LogP contribution in [0.15, 0.2) is 22.7 Å². The fraction of sp³-hybridized carbons (Fsp3) is 0.250. The highest BCUT2D eigenvalue weighted by atomic mass is 79.9. The van der Waals surface area contributed by atoms with E-state index in [4.69, 9.17) is 0 Å². The maximum atomic E-state index is 13.4. The molecule has 2 amide bonds. The maximum absolute atomic E-state index is 13.4. The van der Waals surface area contributed by atoms with Gasteiger partial charge < -0.3 is 9.47 Å². The van der Waals surface area contributed by atoms with E-state index >= 15 is 0 Å². The molecule has 20 heavy (non-hydrogen) atoms. The number of ether oxygens (including phenoxy) is 2. The Kier molecular flexibility index (Phi) is 4.33. The molecule has 8 heteroatoms. The molecule has 0 aromatic heterocycles. The van der Waals surface area contributed by atoms with Crippen molar-refractivity contribution in [3.63, 3.8) is 0 Å². The third-order valence-corrected chi connectivity index (χ3v) is 3.03. The summed E-state index contributed by atoms with van der Waals surface area (Å²) in [4.78, 5) is 35.2. The molecule has 1 aromatic rings. The Hall–Kier alpha value is -1.96. The highest BCUT2D eigenvalue weighted by Crippen LogP contribution is 2.16. The van der Waals surface area contributed by atoms with Crippen molar-refractivity contribution in [2.24, 2.45) is 0 Å². The quantitative estimate of drug-likeness (QED) is 0.780. The van der Waals surface area contributed by atoms with Gasteiger partial charge in [-0.05, 0) is 18.2 Å². The molecule has 2 rings (SSSR count). The summed E-state index contributed by atoms with van der Waals surface area (Å²) in [5, 5.41) is 0. The Labute approximate surface area is 121 Å². The second-order valence-electron chi connectivity index (χ2n) is 3.86. The number of benzene rings is 1. The van der Waals surface area contributed by atoms with Crippen LogP contribution in [0.2, 0.25) is 0 Å². The van der Waals surface area contributed by atoms with Crippen LogP contribution in [0.25, 0.3) is 0 Å². The average molecular weight is 346 g/mol. The topological polar surface area (TPSA) is 72.9 Å². The minimum absolute atomic E-state index is 0.110. The molecule has 6 nitrogen and oxygen atoms in total. The number of imide groups is 1. The van der Waals surface area contributed by atoms with Crippen molar-refractivity contribution in [2.45, 2.75) is 0 Å². The fourth-order valence-electron chi connectivity index (χ4n) is 1.56. The van der Waals surface area contributed by atoms with E-state index in [0.717, 1.165) is 11.0 Å². The molecule has 106 valence electrons. The molecule has 0 unspecified atom stereocenters. The van der Waals surface area contributed by atoms with Crippen LogP contribution in [0.5, 0.6) is 0 Å². The summed E-state index contributed by atoms with van der Waals surface area (Å²) in [7, 11) is 0. The monoisotopic (exact) mass is 345 g/mol. The lowest BCUT2D eigenvalue weighted by molar-refractivity contribution is -0.131. The first-order valence-electron chi connectivity index (χ1n) is 5.58. The summed E-state index contributed by atoms with van der Waals surface area (Å²) >= 11 is 3.10. The predicted molar refractivity (Wildman–Crippen MR) is 67.4 cm³/mol. The van der Waals surface area contributed by atoms with Gasteiger partial charge in [0.25, 0.3) is 5.91 Å². The fourth-order valence-corrected chi connectivity index (χ4v) is 1.92. The summed E-state index contributed by atoms with van der Waals surface area (Å²) < 4.78 is 23.2. The molecule has 1 aromatic carbocycles. The van der Waals surface area contributed by atoms with Gasteiger partial charge >= 0.3 is 12.1 Å². The molecule has 0 spiro atoms. The van der Waals surface area contributed by atoms with Crippen molar-refractivity contribution in [1.82, 2.24) is 4.90 Å². The largest absolute Gasteiger partial charge is 0.452 e. The first-order chi connectivity index (χ1) is 9.49. The molecule has 1 aliphatic heterocycles. The van der Waals surface area contributed by atoms with E-state index in [1.165, 1.54) is 12.1 Å². The van der Waals surface area contributed by atoms with Crippen LogP contribution in [-0.2, 0) is 14.3 Å². The van der Waals surface area contributed by atoms with Crippen LogP contribution in [0.1, 0.15) is 10.4 Å². The number of rotatable bonds is 3. The number of nitrogens with zero attached hydrogens (tertiary/aromatic N) is 1. The van der Waals surface area contributed by atoms with Crippen LogP contribution < -0.4 is 0 Å². The number of amides is 2. The van der Waals surface area contributed by atoms with E-state index in [1.807, 2.05) is 0 Å². The molecule has 1 fully saturated rings. The summed E-state index contributed by atoms with van der Waals surface area (Å²) in [5.41, 5.74) is -0.295. The van der Waals surface area contributed by atoms with Gasteiger partial charge in [-0.1, -0.05) is 15.9 Å². The van der Waals surface area contributed by atoms with Crippen LogP contribution in [0.4, 0.5) is 9.18 Å². The van der Waals surface area contributed by atoms with Gasteiger partial charge in [-0.2, -0.15) is 0 Å². The molecule has 0 radical (unpaired) electrons. The van der Waals surface area contributed by atoms with Crippen molar-refractivity contribution in [3.8, 4) is 0 Å². The standard InChI is InChI=1S/C12H9BrFNO5/c13-7-1-2-9(14)8(5-7)11(17)20-6-10(16)15-3-4-19-12(15)18/h1-2,5H,3-4,6H2. The Bertz CT molecular complexity index is 577. The average Bonchev–Trinajstić information content (AvgIpc) is 2.84. The van der Waals surface area contributed by atoms with Gasteiger partial charge in [0, 0.05) is 4.47 Å². The van der Waals surface area contributed by atoms with Gasteiger partial charge in [-0.15, -0.1) is 0 Å². The molecule has 0 atom stereocenters. The van der Waals surface area contributed by atoms with Gasteiger partial charge in [-0.3, -0.25) is 4.79 Å². The Morgan fingerprint density at radius 3 is 2.85 bits per heavy atom. The van der Waals surface area contributed by atoms with Gasteiger partial charge in [-0.25, -0.2) is 18.9 Å². The zero-order valence-electron chi connectivity index (χ0n) is 10.1. The highest BCUT2D eigenvalue weighted by molar-refractivity contribution is 9.10. The molecule has 0 aliphatic carbocycles. The number of esters is 1. The van der Waals surface area contributed by atoms with E-state index in [0.29, 0.717) is 4.47 Å². The number of halogens is 2. The zero-order valence-corrected chi connectivity index (χ0v) is 11.7. The first kappa shape index (κ1) is 14.4. The van der Waals surface area contributed by atoms with E-state index in [-0.39, 0.29) is 18.7 Å². The third-order valence-electron chi connectivity index (χ3n) is 2.54. The van der Waals surface area contributed by atoms with Crippen molar-refractivity contribution < 1.29 is 28.2 Å². The van der Waals surface area contributed by atoms with Crippen molar-refractivity contribution in [2.75, 3.05) is 19.8 Å². The predicted octanol–water partition coefficient (Wildman–Crippen LogP) is 1.72. The summed E-state index contributed by atoms with van der Waals surface area (Å²) in [6, 6.07) is 3.77. The minimum Gasteiger partial charge on any atom is -0.452 e. The molecule has 0 bridgehead atoms. The van der Waals surface area contributed by atoms with Crippen molar-refractivity contribution in [3.05, 3.63) is 34.1 Å². The smallest absolute Gasteiger partial charge is 0.416 e. The maximum Gasteiger partial charge on any atom is 0.416 e. The molecular formula is C12H9BrFNO5. The van der Waals surface area contributed by atoms with E-state index in [1.54, 1.807) is 0 Å². The van der Waals surface area contributed by atoms with Crippen LogP contribution >= 0.6 is 15.9 Å². The summed E-state index contributed by atoms with van der Waals surface area (Å²) in [6.45, 7) is -0.431. The SMILES string of the molecule is O=C(OCC(=O)N1CCOC1=O)c1cc(Br)ccc1F. The first-order valence-corrected chi connectivity index (χ1v) is 6.37. The molecule has 0 saturated carbocycles. The van der Waals surface area contributed by atoms with Crippen molar-refractivity contribution in [1.29, 1.82) is 0 Å². The lowest BCUT2D eigenvalue weighted by atomic mass is 10.2. The molecular weight excluding hydrogens is 337 g/mol. The van der Waals surface area contributed by atoms with Crippen LogP contribution in [0.3, 0.4) is 0 Å². The van der Waals surface area contributed by atoms with Gasteiger partial charge in [0.15, 0.2) is 6.61 Å². The number of hydrogen-bond acceptors (Lipinski definition) is 5. The number of hydrogen-bond donors (Lipinski definition) is 0. The van der Waals surface area contributed by atoms with E-state index < -0.39 is 30.4 Å². The Morgan fingerprint density at radius 2 is 2.20 bits per heavy atom. The molecule has 1 saturated heterocycles. The van der Waals surface area contributed by atoms with Crippen LogP contribution in [-0.4, -0.2) is 42.6 Å². The number of carbonyl (C=O) groups is 3. The normalized spacial score (nSPS) is 14.1. The lowest BCUT2D eigenvalue weighted by Gasteiger charge is -2.11. The summed E-state index contributed by atoms with van der Waals surface area (Å²) in [5.74, 6) is -2.45. The zero-order chi connectivity index (χ0) is 14.7. The Morgan fingerprint density at radius 1 is 1.45 bits per heavy atom. The van der Waals surface area contributed by atoms with Gasteiger partial charge in [0.05, 0.1) is 12.1 Å². The highest BCUT2D eigenvalue weighted by Gasteiger charge is 2.29. The number of carbonyl (C=O) groups excluding carboxylic acids is 3. The second-order valence-corrected chi connectivity index (χ2v) is 4.78. The van der Waals surface area contributed by atoms with Gasteiger partial charge in [0.1, 0.15) is 12.4 Å². The molecule has 1 aliphatic rings. The third kappa shape index (κ3) is 3.13. The van der Waals surface area contributed by atoms with Crippen LogP contribution in [0, 0.1) is 5.82 Å². The minimum atomic E-state index is -0.982. The van der Waals surface area contributed by atoms with E-state index in [9.17, 15) is 18.8 Å².